The minimum atomic E-state index is -1.16. The zero-order valence-corrected chi connectivity index (χ0v) is 6.19. The van der Waals surface area contributed by atoms with Crippen LogP contribution in [0.1, 0.15) is 13.3 Å². The molecule has 0 aromatic heterocycles. The van der Waals surface area contributed by atoms with Gasteiger partial charge in [0.1, 0.15) is 0 Å². The van der Waals surface area contributed by atoms with Crippen LogP contribution in [0.15, 0.2) is 0 Å². The molecule has 0 bridgehead atoms. The van der Waals surface area contributed by atoms with E-state index in [2.05, 4.69) is 0 Å². The molecule has 0 amide bonds. The Labute approximate surface area is 58.7 Å². The summed E-state index contributed by atoms with van der Waals surface area (Å²) >= 11 is 15.9. The maximum absolute atomic E-state index is 5.31. The van der Waals surface area contributed by atoms with Crippen LogP contribution in [0, 0.1) is 6.42 Å². The van der Waals surface area contributed by atoms with Crippen molar-refractivity contribution in [2.45, 2.75) is 17.1 Å². The molecule has 0 aliphatic heterocycles. The predicted octanol–water partition coefficient (Wildman–Crippen LogP) is 2.97. The van der Waals surface area contributed by atoms with Gasteiger partial charge in [-0.05, 0) is 6.42 Å². The highest BCUT2D eigenvalue weighted by Gasteiger charge is 2.16. The van der Waals surface area contributed by atoms with E-state index in [1.165, 1.54) is 0 Å². The van der Waals surface area contributed by atoms with Gasteiger partial charge >= 0.3 is 0 Å². The molecule has 3 heteroatoms. The molecule has 1 radical (unpaired) electrons. The summed E-state index contributed by atoms with van der Waals surface area (Å²) in [6.45, 7) is 1.92. The van der Waals surface area contributed by atoms with Crippen molar-refractivity contribution in [2.75, 3.05) is 0 Å². The second-order valence-corrected chi connectivity index (χ2v) is 3.52. The maximum Gasteiger partial charge on any atom is 0.193 e. The zero-order valence-electron chi connectivity index (χ0n) is 3.92. The van der Waals surface area contributed by atoms with E-state index in [1.807, 2.05) is 6.92 Å². The van der Waals surface area contributed by atoms with Crippen LogP contribution in [0.2, 0.25) is 0 Å². The Morgan fingerprint density at radius 3 is 1.86 bits per heavy atom. The van der Waals surface area contributed by atoms with Gasteiger partial charge in [0.25, 0.3) is 0 Å². The molecule has 0 heterocycles. The average Bonchev–Trinajstić information content (AvgIpc) is 1.30. The second kappa shape index (κ2) is 3.01. The van der Waals surface area contributed by atoms with Crippen molar-refractivity contribution in [3.63, 3.8) is 0 Å². The summed E-state index contributed by atoms with van der Waals surface area (Å²) < 4.78 is -1.16. The molecule has 0 aliphatic rings. The Balaban J connectivity index is 3.15. The molecule has 0 unspecified atom stereocenters. The van der Waals surface area contributed by atoms with Gasteiger partial charge in [-0.25, -0.2) is 0 Å². The monoisotopic (exact) mass is 159 g/mol. The molecule has 0 saturated heterocycles. The van der Waals surface area contributed by atoms with Gasteiger partial charge in [-0.2, -0.15) is 0 Å². The Morgan fingerprint density at radius 2 is 1.86 bits per heavy atom. The summed E-state index contributed by atoms with van der Waals surface area (Å²) in [5.74, 6) is 0. The molecule has 0 N–H and O–H groups in total. The molecule has 0 aliphatic carbocycles. The van der Waals surface area contributed by atoms with E-state index in [4.69, 9.17) is 34.8 Å². The van der Waals surface area contributed by atoms with E-state index in [9.17, 15) is 0 Å². The Bertz CT molecular complexity index is 45.4. The van der Waals surface area contributed by atoms with E-state index >= 15 is 0 Å². The minimum Gasteiger partial charge on any atom is -0.0834 e. The molecule has 43 valence electrons. The number of alkyl halides is 3. The molecule has 0 aromatic carbocycles. The molecular weight excluding hydrogens is 154 g/mol. The fourth-order valence-electron chi connectivity index (χ4n) is 0.231. The van der Waals surface area contributed by atoms with Crippen molar-refractivity contribution in [3.8, 4) is 0 Å². The predicted molar refractivity (Wildman–Crippen MR) is 34.9 cm³/mol. The van der Waals surface area contributed by atoms with Crippen molar-refractivity contribution >= 4 is 34.8 Å². The third kappa shape index (κ3) is 6.87. The molecule has 0 fully saturated rings. The van der Waals surface area contributed by atoms with Crippen LogP contribution in [0.5, 0.6) is 0 Å². The first-order chi connectivity index (χ1) is 3.06. The summed E-state index contributed by atoms with van der Waals surface area (Å²) in [7, 11) is 0. The van der Waals surface area contributed by atoms with E-state index in [1.54, 1.807) is 6.42 Å². The standard InChI is InChI=1S/C4H6Cl3/c1-2-3-4(5,6)7/h3H,2H2,1H3. The highest BCUT2D eigenvalue weighted by molar-refractivity contribution is 6.68. The van der Waals surface area contributed by atoms with Crippen LogP contribution < -0.4 is 0 Å². The number of hydrogen-bond acceptors (Lipinski definition) is 0. The van der Waals surface area contributed by atoms with E-state index in [0.717, 1.165) is 6.42 Å². The van der Waals surface area contributed by atoms with E-state index in [-0.39, 0.29) is 0 Å². The third-order valence-corrected chi connectivity index (χ3v) is 0.898. The SMILES string of the molecule is CC[CH]C(Cl)(Cl)Cl. The normalized spacial score (nSPS) is 12.0. The number of halogens is 3. The van der Waals surface area contributed by atoms with Crippen LogP contribution in [0.25, 0.3) is 0 Å². The van der Waals surface area contributed by atoms with Gasteiger partial charge in [0, 0.05) is 6.42 Å². The smallest absolute Gasteiger partial charge is 0.0834 e. The van der Waals surface area contributed by atoms with Crippen LogP contribution in [0.3, 0.4) is 0 Å². The first-order valence-corrected chi connectivity index (χ1v) is 3.10. The lowest BCUT2D eigenvalue weighted by molar-refractivity contribution is 1.04. The maximum atomic E-state index is 5.31. The summed E-state index contributed by atoms with van der Waals surface area (Å²) in [6.07, 6.45) is 2.40. The van der Waals surface area contributed by atoms with Gasteiger partial charge in [-0.3, -0.25) is 0 Å². The van der Waals surface area contributed by atoms with Crippen LogP contribution in [-0.2, 0) is 0 Å². The summed E-state index contributed by atoms with van der Waals surface area (Å²) in [5.41, 5.74) is 0. The van der Waals surface area contributed by atoms with Gasteiger partial charge in [-0.15, -0.1) is 0 Å². The average molecular weight is 160 g/mol. The first kappa shape index (κ1) is 7.87. The third-order valence-electron chi connectivity index (χ3n) is 0.436. The van der Waals surface area contributed by atoms with Crippen LogP contribution in [0.4, 0.5) is 0 Å². The molecule has 0 aromatic rings. The lowest BCUT2D eigenvalue weighted by atomic mass is 10.4. The minimum absolute atomic E-state index is 0.788. The van der Waals surface area contributed by atoms with Crippen molar-refractivity contribution in [2.24, 2.45) is 0 Å². The lowest BCUT2D eigenvalue weighted by Crippen LogP contribution is -2.00. The van der Waals surface area contributed by atoms with Crippen LogP contribution >= 0.6 is 34.8 Å². The van der Waals surface area contributed by atoms with Gasteiger partial charge in [0.15, 0.2) is 3.79 Å². The van der Waals surface area contributed by atoms with Crippen molar-refractivity contribution in [1.82, 2.24) is 0 Å². The van der Waals surface area contributed by atoms with Crippen molar-refractivity contribution < 1.29 is 0 Å². The largest absolute Gasteiger partial charge is 0.193 e. The Morgan fingerprint density at radius 1 is 1.43 bits per heavy atom. The fourth-order valence-corrected chi connectivity index (χ4v) is 0.694. The summed E-state index contributed by atoms with van der Waals surface area (Å²) in [4.78, 5) is 0. The van der Waals surface area contributed by atoms with Crippen LogP contribution in [-0.4, -0.2) is 3.79 Å². The number of rotatable bonds is 1. The lowest BCUT2D eigenvalue weighted by Gasteiger charge is -2.05. The Hall–Kier alpha value is 0.870. The van der Waals surface area contributed by atoms with E-state index in [0.29, 0.717) is 0 Å². The highest BCUT2D eigenvalue weighted by Crippen LogP contribution is 2.29. The van der Waals surface area contributed by atoms with Crippen molar-refractivity contribution in [3.05, 3.63) is 6.42 Å². The molecule has 0 rings (SSSR count). The molecule has 0 nitrogen and oxygen atoms in total. The van der Waals surface area contributed by atoms with Gasteiger partial charge < -0.3 is 0 Å². The quantitative estimate of drug-likeness (QED) is 0.517. The molecule has 0 saturated carbocycles. The Kier molecular flexibility index (Phi) is 3.38. The topological polar surface area (TPSA) is 0 Å². The summed E-state index contributed by atoms with van der Waals surface area (Å²) in [5, 5.41) is 0. The van der Waals surface area contributed by atoms with Crippen molar-refractivity contribution in [1.29, 1.82) is 0 Å². The second-order valence-electron chi connectivity index (χ2n) is 1.15. The van der Waals surface area contributed by atoms with Gasteiger partial charge in [0.05, 0.1) is 0 Å². The summed E-state index contributed by atoms with van der Waals surface area (Å²) in [6, 6.07) is 0. The molecular formula is C4H6Cl3. The number of hydrogen-bond donors (Lipinski definition) is 0. The fraction of sp³-hybridized carbons (Fsp3) is 0.750. The van der Waals surface area contributed by atoms with E-state index < -0.39 is 3.79 Å². The van der Waals surface area contributed by atoms with Gasteiger partial charge in [0.2, 0.25) is 0 Å². The molecule has 7 heavy (non-hydrogen) atoms. The first-order valence-electron chi connectivity index (χ1n) is 1.97. The van der Waals surface area contributed by atoms with Gasteiger partial charge in [-0.1, -0.05) is 41.7 Å². The molecule has 0 atom stereocenters. The zero-order chi connectivity index (χ0) is 5.91. The highest BCUT2D eigenvalue weighted by atomic mass is 35.6. The molecule has 0 spiro atoms.